The van der Waals surface area contributed by atoms with E-state index in [1.165, 1.54) is 10.8 Å². The average molecular weight is 247 g/mol. The van der Waals surface area contributed by atoms with E-state index >= 15 is 0 Å². The third-order valence-electron chi connectivity index (χ3n) is 2.85. The quantitative estimate of drug-likeness (QED) is 0.513. The van der Waals surface area contributed by atoms with Gasteiger partial charge in [0.2, 0.25) is 0 Å². The number of imidazole rings is 1. The van der Waals surface area contributed by atoms with Gasteiger partial charge in [-0.3, -0.25) is 0 Å². The summed E-state index contributed by atoms with van der Waals surface area (Å²) < 4.78 is 0. The first-order valence-electron chi connectivity index (χ1n) is 6.11. The number of aromatic nitrogens is 3. The third kappa shape index (κ3) is 2.60. The number of rotatable bonds is 0. The number of benzene rings is 2. The molecule has 3 nitrogen and oxygen atoms in total. The number of nitrogens with zero attached hydrogens (tertiary/aromatic N) is 2. The van der Waals surface area contributed by atoms with E-state index in [1.54, 1.807) is 12.5 Å². The molecule has 0 unspecified atom stereocenters. The fraction of sp³-hybridized carbons (Fsp3) is 0. The largest absolute Gasteiger partial charge is 0.343 e. The number of aromatic amines is 1. The van der Waals surface area contributed by atoms with Gasteiger partial charge in [0.1, 0.15) is 0 Å². The van der Waals surface area contributed by atoms with Crippen LogP contribution in [0.15, 0.2) is 73.2 Å². The van der Waals surface area contributed by atoms with Gasteiger partial charge in [-0.05, 0) is 22.9 Å². The van der Waals surface area contributed by atoms with Crippen LogP contribution in [0.3, 0.4) is 0 Å². The van der Waals surface area contributed by atoms with E-state index in [0.29, 0.717) is 0 Å². The number of hydrogen-bond donors (Lipinski definition) is 1. The van der Waals surface area contributed by atoms with E-state index in [9.17, 15) is 0 Å². The Bertz CT molecular complexity index is 694. The summed E-state index contributed by atoms with van der Waals surface area (Å²) in [7, 11) is 0. The van der Waals surface area contributed by atoms with E-state index in [4.69, 9.17) is 0 Å². The van der Waals surface area contributed by atoms with Crippen LogP contribution in [-0.4, -0.2) is 15.0 Å². The summed E-state index contributed by atoms with van der Waals surface area (Å²) in [6.07, 6.45) is 3.36. The first-order chi connectivity index (χ1) is 9.43. The normalized spacial score (nSPS) is 10.1. The zero-order chi connectivity index (χ0) is 12.9. The Morgan fingerprint density at radius 1 is 0.684 bits per heavy atom. The molecule has 0 fully saturated rings. The fourth-order valence-electron chi connectivity index (χ4n) is 1.91. The number of pyridine rings is 1. The molecule has 0 atom stereocenters. The molecule has 92 valence electrons. The van der Waals surface area contributed by atoms with Gasteiger partial charge in [-0.1, -0.05) is 48.5 Å². The molecule has 0 amide bonds. The molecule has 0 aliphatic carbocycles. The second-order valence-corrected chi connectivity index (χ2v) is 4.12. The highest BCUT2D eigenvalue weighted by Gasteiger charge is 1.90. The van der Waals surface area contributed by atoms with Gasteiger partial charge in [-0.25, -0.2) is 9.97 Å². The SMILES string of the molecule is c1ccc2ccccc2c1.c1cnc2nc[nH]c2c1. The maximum atomic E-state index is 4.00. The summed E-state index contributed by atoms with van der Waals surface area (Å²) in [6.45, 7) is 0. The smallest absolute Gasteiger partial charge is 0.177 e. The maximum Gasteiger partial charge on any atom is 0.177 e. The van der Waals surface area contributed by atoms with Crippen molar-refractivity contribution in [2.75, 3.05) is 0 Å². The molecule has 0 radical (unpaired) electrons. The molecule has 3 heteroatoms. The molecule has 2 aromatic heterocycles. The minimum atomic E-state index is 0.775. The summed E-state index contributed by atoms with van der Waals surface area (Å²) in [5, 5.41) is 2.62. The van der Waals surface area contributed by atoms with Crippen molar-refractivity contribution in [1.29, 1.82) is 0 Å². The summed E-state index contributed by atoms with van der Waals surface area (Å²) >= 11 is 0. The molecule has 0 saturated heterocycles. The highest BCUT2D eigenvalue weighted by molar-refractivity contribution is 5.82. The number of H-pyrrole nitrogens is 1. The lowest BCUT2D eigenvalue weighted by atomic mass is 10.1. The van der Waals surface area contributed by atoms with Crippen LogP contribution in [-0.2, 0) is 0 Å². The predicted octanol–water partition coefficient (Wildman–Crippen LogP) is 3.80. The van der Waals surface area contributed by atoms with Crippen LogP contribution in [0.4, 0.5) is 0 Å². The van der Waals surface area contributed by atoms with Crippen LogP contribution in [0.2, 0.25) is 0 Å². The van der Waals surface area contributed by atoms with Gasteiger partial charge in [0, 0.05) is 6.20 Å². The van der Waals surface area contributed by atoms with E-state index < -0.39 is 0 Å². The highest BCUT2D eigenvalue weighted by Crippen LogP contribution is 2.11. The summed E-state index contributed by atoms with van der Waals surface area (Å²) in [5.41, 5.74) is 1.76. The average Bonchev–Trinajstić information content (AvgIpc) is 2.96. The Morgan fingerprint density at radius 3 is 1.89 bits per heavy atom. The number of nitrogens with one attached hydrogen (secondary N) is 1. The van der Waals surface area contributed by atoms with E-state index in [-0.39, 0.29) is 0 Å². The minimum absolute atomic E-state index is 0.775. The Morgan fingerprint density at radius 2 is 1.32 bits per heavy atom. The Balaban J connectivity index is 0.000000117. The lowest BCUT2D eigenvalue weighted by Crippen LogP contribution is -1.71. The second-order valence-electron chi connectivity index (χ2n) is 4.12. The summed E-state index contributed by atoms with van der Waals surface area (Å²) in [6, 6.07) is 20.5. The van der Waals surface area contributed by atoms with Crippen molar-refractivity contribution in [3.8, 4) is 0 Å². The molecule has 0 saturated carbocycles. The van der Waals surface area contributed by atoms with Crippen molar-refractivity contribution >= 4 is 21.9 Å². The predicted molar refractivity (Wildman–Crippen MR) is 77.8 cm³/mol. The van der Waals surface area contributed by atoms with Gasteiger partial charge in [0.25, 0.3) is 0 Å². The van der Waals surface area contributed by atoms with Crippen LogP contribution in [0.5, 0.6) is 0 Å². The van der Waals surface area contributed by atoms with Gasteiger partial charge in [-0.15, -0.1) is 0 Å². The van der Waals surface area contributed by atoms with Crippen molar-refractivity contribution in [3.63, 3.8) is 0 Å². The van der Waals surface area contributed by atoms with Crippen molar-refractivity contribution in [2.45, 2.75) is 0 Å². The molecular weight excluding hydrogens is 234 g/mol. The van der Waals surface area contributed by atoms with Gasteiger partial charge >= 0.3 is 0 Å². The fourth-order valence-corrected chi connectivity index (χ4v) is 1.91. The van der Waals surface area contributed by atoms with Crippen molar-refractivity contribution in [2.24, 2.45) is 0 Å². The second kappa shape index (κ2) is 5.31. The van der Waals surface area contributed by atoms with Crippen molar-refractivity contribution in [3.05, 3.63) is 73.2 Å². The molecule has 2 aromatic carbocycles. The molecular formula is C16H13N3. The zero-order valence-electron chi connectivity index (χ0n) is 10.3. The molecule has 0 aliphatic heterocycles. The highest BCUT2D eigenvalue weighted by atomic mass is 14.9. The zero-order valence-corrected chi connectivity index (χ0v) is 10.3. The monoisotopic (exact) mass is 247 g/mol. The molecule has 0 bridgehead atoms. The van der Waals surface area contributed by atoms with Gasteiger partial charge in [0.15, 0.2) is 5.65 Å². The lowest BCUT2D eigenvalue weighted by Gasteiger charge is -1.92. The van der Waals surface area contributed by atoms with Crippen LogP contribution >= 0.6 is 0 Å². The minimum Gasteiger partial charge on any atom is -0.343 e. The van der Waals surface area contributed by atoms with E-state index in [0.717, 1.165) is 11.2 Å². The first-order valence-corrected chi connectivity index (χ1v) is 6.11. The Hall–Kier alpha value is -2.68. The molecule has 19 heavy (non-hydrogen) atoms. The van der Waals surface area contributed by atoms with E-state index in [2.05, 4.69) is 63.5 Å². The molecule has 2 heterocycles. The topological polar surface area (TPSA) is 41.6 Å². The Labute approximate surface area is 111 Å². The standard InChI is InChI=1S/C10H8.C6H5N3/c1-2-6-10-8-4-3-7-9(10)5-1;1-2-5-6(7-3-1)9-4-8-5/h1-8H;1-4H,(H,7,8,9). The third-order valence-corrected chi connectivity index (χ3v) is 2.85. The van der Waals surface area contributed by atoms with Gasteiger partial charge in [0.05, 0.1) is 11.8 Å². The van der Waals surface area contributed by atoms with Gasteiger partial charge in [-0.2, -0.15) is 0 Å². The van der Waals surface area contributed by atoms with E-state index in [1.807, 2.05) is 12.1 Å². The number of hydrogen-bond acceptors (Lipinski definition) is 2. The molecule has 4 rings (SSSR count). The van der Waals surface area contributed by atoms with Crippen LogP contribution in [0.25, 0.3) is 21.9 Å². The molecule has 0 aliphatic rings. The van der Waals surface area contributed by atoms with Crippen LogP contribution in [0, 0.1) is 0 Å². The first kappa shape index (κ1) is 11.4. The summed E-state index contributed by atoms with van der Waals surface area (Å²) in [5.74, 6) is 0. The maximum absolute atomic E-state index is 4.00. The van der Waals surface area contributed by atoms with Crippen LogP contribution in [0.1, 0.15) is 0 Å². The van der Waals surface area contributed by atoms with Crippen LogP contribution < -0.4 is 0 Å². The Kier molecular flexibility index (Phi) is 3.19. The molecule has 0 spiro atoms. The van der Waals surface area contributed by atoms with Crippen molar-refractivity contribution < 1.29 is 0 Å². The summed E-state index contributed by atoms with van der Waals surface area (Å²) in [4.78, 5) is 10.9. The molecule has 1 N–H and O–H groups in total. The number of fused-ring (bicyclic) bond motifs is 2. The molecule has 4 aromatic rings. The van der Waals surface area contributed by atoms with Crippen molar-refractivity contribution in [1.82, 2.24) is 15.0 Å². The van der Waals surface area contributed by atoms with Gasteiger partial charge < -0.3 is 4.98 Å². The lowest BCUT2D eigenvalue weighted by molar-refractivity contribution is 1.30.